The number of likely N-dealkylation sites (tertiary alicyclic amines) is 1. The number of hydrogen-bond acceptors (Lipinski definition) is 5. The molecule has 0 spiro atoms. The van der Waals surface area contributed by atoms with Crippen molar-refractivity contribution >= 4 is 11.8 Å². The van der Waals surface area contributed by atoms with Crippen LogP contribution in [0.4, 0.5) is 0 Å². The molecule has 1 aliphatic heterocycles. The van der Waals surface area contributed by atoms with Gasteiger partial charge >= 0.3 is 0 Å². The Hall–Kier alpha value is -2.83. The molecule has 1 aromatic carbocycles. The molecule has 3 rings (SSSR count). The van der Waals surface area contributed by atoms with Crippen LogP contribution in [0.25, 0.3) is 0 Å². The molecule has 1 unspecified atom stereocenters. The zero-order valence-corrected chi connectivity index (χ0v) is 15.7. The predicted molar refractivity (Wildman–Crippen MR) is 99.7 cm³/mol. The maximum Gasteiger partial charge on any atom is 0.275 e. The number of aromatic nitrogens is 1. The first kappa shape index (κ1) is 18.9. The quantitative estimate of drug-likeness (QED) is 0.844. The van der Waals surface area contributed by atoms with Crippen LogP contribution in [0, 0.1) is 5.92 Å². The van der Waals surface area contributed by atoms with E-state index in [0.717, 1.165) is 12.8 Å². The van der Waals surface area contributed by atoms with Gasteiger partial charge in [0, 0.05) is 25.0 Å². The average Bonchev–Trinajstić information content (AvgIpc) is 3.20. The molecule has 1 atom stereocenters. The van der Waals surface area contributed by atoms with Gasteiger partial charge in [0.25, 0.3) is 11.8 Å². The van der Waals surface area contributed by atoms with E-state index in [1.165, 1.54) is 12.7 Å². The third-order valence-corrected chi connectivity index (χ3v) is 4.48. The molecule has 0 bridgehead atoms. The van der Waals surface area contributed by atoms with Gasteiger partial charge in [-0.1, -0.05) is 12.1 Å². The number of oxazole rings is 1. The smallest absolute Gasteiger partial charge is 0.275 e. The molecular weight excluding hydrogens is 346 g/mol. The molecule has 144 valence electrons. The molecule has 1 N–H and O–H groups in total. The van der Waals surface area contributed by atoms with E-state index in [9.17, 15) is 9.59 Å². The number of nitrogens with one attached hydrogen (secondary N) is 1. The fourth-order valence-corrected chi connectivity index (χ4v) is 3.19. The number of hydrogen-bond donors (Lipinski definition) is 1. The summed E-state index contributed by atoms with van der Waals surface area (Å²) in [6.45, 7) is 5.60. The molecule has 0 saturated carbocycles. The topological polar surface area (TPSA) is 84.7 Å². The predicted octanol–water partition coefficient (Wildman–Crippen LogP) is 2.74. The Morgan fingerprint density at radius 1 is 1.37 bits per heavy atom. The summed E-state index contributed by atoms with van der Waals surface area (Å²) in [6, 6.07) is 7.29. The number of benzene rings is 1. The third-order valence-electron chi connectivity index (χ3n) is 4.48. The van der Waals surface area contributed by atoms with Crippen molar-refractivity contribution in [3.63, 3.8) is 0 Å². The van der Waals surface area contributed by atoms with E-state index in [0.29, 0.717) is 36.7 Å². The molecule has 2 heterocycles. The summed E-state index contributed by atoms with van der Waals surface area (Å²) in [5.41, 5.74) is 0.852. The summed E-state index contributed by atoms with van der Waals surface area (Å²) in [4.78, 5) is 30.5. The van der Waals surface area contributed by atoms with Gasteiger partial charge in [0.2, 0.25) is 0 Å². The molecule has 7 nitrogen and oxygen atoms in total. The van der Waals surface area contributed by atoms with E-state index in [1.807, 2.05) is 26.0 Å². The normalized spacial score (nSPS) is 17.0. The van der Waals surface area contributed by atoms with Crippen LogP contribution in [0.1, 0.15) is 47.5 Å². The largest absolute Gasteiger partial charge is 0.492 e. The molecule has 1 aromatic heterocycles. The third kappa shape index (κ3) is 4.87. The molecule has 27 heavy (non-hydrogen) atoms. The summed E-state index contributed by atoms with van der Waals surface area (Å²) in [6.07, 6.45) is 4.51. The highest BCUT2D eigenvalue weighted by Crippen LogP contribution is 2.23. The lowest BCUT2D eigenvalue weighted by Crippen LogP contribution is -2.41. The number of carbonyl (C=O) groups is 2. The van der Waals surface area contributed by atoms with Gasteiger partial charge in [-0.3, -0.25) is 9.59 Å². The molecule has 0 radical (unpaired) electrons. The number of nitrogens with zero attached hydrogens (tertiary/aromatic N) is 2. The summed E-state index contributed by atoms with van der Waals surface area (Å²) >= 11 is 0. The second kappa shape index (κ2) is 8.70. The van der Waals surface area contributed by atoms with Crippen molar-refractivity contribution in [1.29, 1.82) is 0 Å². The van der Waals surface area contributed by atoms with E-state index in [1.54, 1.807) is 17.0 Å². The molecule has 0 aliphatic carbocycles. The summed E-state index contributed by atoms with van der Waals surface area (Å²) in [5.74, 6) is 0.503. The van der Waals surface area contributed by atoms with Crippen LogP contribution in [0.5, 0.6) is 5.75 Å². The monoisotopic (exact) mass is 371 g/mol. The van der Waals surface area contributed by atoms with Crippen LogP contribution in [0.15, 0.2) is 41.3 Å². The molecule has 1 aliphatic rings. The van der Waals surface area contributed by atoms with E-state index in [-0.39, 0.29) is 23.8 Å². The molecule has 1 fully saturated rings. The second-order valence-electron chi connectivity index (χ2n) is 7.07. The lowest BCUT2D eigenvalue weighted by molar-refractivity contribution is 0.0627. The first-order valence-electron chi connectivity index (χ1n) is 9.24. The van der Waals surface area contributed by atoms with Crippen LogP contribution in [0.3, 0.4) is 0 Å². The average molecular weight is 371 g/mol. The van der Waals surface area contributed by atoms with Crippen molar-refractivity contribution < 1.29 is 18.7 Å². The van der Waals surface area contributed by atoms with Crippen LogP contribution in [0.2, 0.25) is 0 Å². The molecule has 7 heteroatoms. The van der Waals surface area contributed by atoms with Gasteiger partial charge in [-0.25, -0.2) is 4.98 Å². The van der Waals surface area contributed by atoms with Crippen LogP contribution >= 0.6 is 0 Å². The zero-order valence-electron chi connectivity index (χ0n) is 15.7. The van der Waals surface area contributed by atoms with Gasteiger partial charge < -0.3 is 19.4 Å². The standard InChI is InChI=1S/C20H25N3O4/c1-14(2)22-19(24)16-7-3-4-8-18(16)27-11-15-6-5-9-23(10-15)20(25)17-12-26-13-21-17/h3-4,7-8,12-15H,5-6,9-11H2,1-2H3,(H,22,24). The molecule has 2 aromatic rings. The first-order valence-corrected chi connectivity index (χ1v) is 9.24. The highest BCUT2D eigenvalue weighted by Gasteiger charge is 2.26. The van der Waals surface area contributed by atoms with Crippen molar-refractivity contribution in [3.05, 3.63) is 48.2 Å². The minimum Gasteiger partial charge on any atom is -0.492 e. The highest BCUT2D eigenvalue weighted by atomic mass is 16.5. The maximum atomic E-state index is 12.4. The number of ether oxygens (including phenoxy) is 1. The maximum absolute atomic E-state index is 12.4. The van der Waals surface area contributed by atoms with Gasteiger partial charge in [0.05, 0.1) is 12.2 Å². The molecular formula is C20H25N3O4. The van der Waals surface area contributed by atoms with Crippen LogP contribution in [-0.2, 0) is 0 Å². The van der Waals surface area contributed by atoms with Gasteiger partial charge in [0.15, 0.2) is 12.1 Å². The van der Waals surface area contributed by atoms with Crippen molar-refractivity contribution in [3.8, 4) is 5.75 Å². The van der Waals surface area contributed by atoms with Gasteiger partial charge in [0.1, 0.15) is 12.0 Å². The lowest BCUT2D eigenvalue weighted by atomic mass is 9.98. The number of piperidine rings is 1. The number of carbonyl (C=O) groups excluding carboxylic acids is 2. The van der Waals surface area contributed by atoms with Crippen LogP contribution < -0.4 is 10.1 Å². The van der Waals surface area contributed by atoms with E-state index in [2.05, 4.69) is 10.3 Å². The Morgan fingerprint density at radius 3 is 2.93 bits per heavy atom. The van der Waals surface area contributed by atoms with Crippen molar-refractivity contribution in [2.45, 2.75) is 32.7 Å². The molecule has 2 amide bonds. The summed E-state index contributed by atoms with van der Waals surface area (Å²) < 4.78 is 10.9. The van der Waals surface area contributed by atoms with Gasteiger partial charge in [-0.05, 0) is 38.8 Å². The Bertz CT molecular complexity index is 773. The van der Waals surface area contributed by atoms with Crippen molar-refractivity contribution in [1.82, 2.24) is 15.2 Å². The first-order chi connectivity index (χ1) is 13.0. The second-order valence-corrected chi connectivity index (χ2v) is 7.07. The van der Waals surface area contributed by atoms with Crippen molar-refractivity contribution in [2.24, 2.45) is 5.92 Å². The van der Waals surface area contributed by atoms with E-state index >= 15 is 0 Å². The summed E-state index contributed by atoms with van der Waals surface area (Å²) in [5, 5.41) is 2.89. The fourth-order valence-electron chi connectivity index (χ4n) is 3.19. The Labute approximate surface area is 158 Å². The number of para-hydroxylation sites is 1. The fraction of sp³-hybridized carbons (Fsp3) is 0.450. The van der Waals surface area contributed by atoms with Crippen molar-refractivity contribution in [2.75, 3.05) is 19.7 Å². The summed E-state index contributed by atoms with van der Waals surface area (Å²) in [7, 11) is 0. The van der Waals surface area contributed by atoms with E-state index < -0.39 is 0 Å². The Balaban J connectivity index is 1.60. The number of rotatable bonds is 6. The molecule has 1 saturated heterocycles. The SMILES string of the molecule is CC(C)NC(=O)c1ccccc1OCC1CCCN(C(=O)c2cocn2)C1. The zero-order chi connectivity index (χ0) is 19.2. The minimum atomic E-state index is -0.146. The Morgan fingerprint density at radius 2 is 2.19 bits per heavy atom. The number of amides is 2. The van der Waals surface area contributed by atoms with E-state index in [4.69, 9.17) is 9.15 Å². The van der Waals surface area contributed by atoms with Gasteiger partial charge in [-0.2, -0.15) is 0 Å². The Kier molecular flexibility index (Phi) is 6.11. The lowest BCUT2D eigenvalue weighted by Gasteiger charge is -2.32. The van der Waals surface area contributed by atoms with Gasteiger partial charge in [-0.15, -0.1) is 0 Å². The van der Waals surface area contributed by atoms with Crippen LogP contribution in [-0.4, -0.2) is 47.4 Å². The minimum absolute atomic E-state index is 0.0556. The highest BCUT2D eigenvalue weighted by molar-refractivity contribution is 5.97.